The fourth-order valence-electron chi connectivity index (χ4n) is 2.56. The summed E-state index contributed by atoms with van der Waals surface area (Å²) in [7, 11) is 0. The Balaban J connectivity index is 1.89. The quantitative estimate of drug-likeness (QED) is 0.554. The van der Waals surface area contributed by atoms with Crippen molar-refractivity contribution in [1.29, 1.82) is 0 Å². The van der Waals surface area contributed by atoms with Gasteiger partial charge in [0.05, 0.1) is 0 Å². The number of rotatable bonds is 3. The summed E-state index contributed by atoms with van der Waals surface area (Å²) < 4.78 is 0. The minimum absolute atomic E-state index is 0.546. The Kier molecular flexibility index (Phi) is 4.38. The number of benzene rings is 1. The van der Waals surface area contributed by atoms with Crippen LogP contribution in [-0.2, 0) is 0 Å². The van der Waals surface area contributed by atoms with Gasteiger partial charge in [0.1, 0.15) is 11.4 Å². The monoisotopic (exact) mass is 354 g/mol. The highest BCUT2D eigenvalue weighted by Gasteiger charge is 2.13. The second-order valence-corrected chi connectivity index (χ2v) is 6.50. The molecule has 27 heavy (non-hydrogen) atoms. The standard InChI is InChI=1S/C21H18N6/c1-13-4-6-16(7-5-13)19-26-17(20-22-9-14(2)10-23-20)8-18(27-19)21-24-11-15(3)12-25-21/h4-12H,1-3H3. The first kappa shape index (κ1) is 16.9. The molecule has 3 aromatic heterocycles. The van der Waals surface area contributed by atoms with Crippen molar-refractivity contribution in [2.45, 2.75) is 20.8 Å². The summed E-state index contributed by atoms with van der Waals surface area (Å²) in [5.74, 6) is 1.69. The Morgan fingerprint density at radius 3 is 1.41 bits per heavy atom. The SMILES string of the molecule is Cc1ccc(-c2nc(-c3ncc(C)cn3)cc(-c3ncc(C)cn3)n2)cc1. The van der Waals surface area contributed by atoms with Crippen molar-refractivity contribution < 1.29 is 0 Å². The number of hydrogen-bond acceptors (Lipinski definition) is 6. The minimum atomic E-state index is 0.546. The maximum atomic E-state index is 4.68. The third-order valence-electron chi connectivity index (χ3n) is 4.06. The second kappa shape index (κ2) is 6.99. The third kappa shape index (κ3) is 3.69. The van der Waals surface area contributed by atoms with Gasteiger partial charge < -0.3 is 0 Å². The highest BCUT2D eigenvalue weighted by Crippen LogP contribution is 2.24. The van der Waals surface area contributed by atoms with Crippen LogP contribution < -0.4 is 0 Å². The smallest absolute Gasteiger partial charge is 0.178 e. The molecule has 4 rings (SSSR count). The summed E-state index contributed by atoms with van der Waals surface area (Å²) in [5, 5.41) is 0. The van der Waals surface area contributed by atoms with Gasteiger partial charge in [-0.25, -0.2) is 29.9 Å². The molecule has 0 fully saturated rings. The fraction of sp³-hybridized carbons (Fsp3) is 0.143. The van der Waals surface area contributed by atoms with Gasteiger partial charge in [0.2, 0.25) is 0 Å². The summed E-state index contributed by atoms with van der Waals surface area (Å²) in [6.07, 6.45) is 7.10. The van der Waals surface area contributed by atoms with Crippen LogP contribution in [0.1, 0.15) is 16.7 Å². The van der Waals surface area contributed by atoms with Gasteiger partial charge in [-0.05, 0) is 38.0 Å². The minimum Gasteiger partial charge on any atom is -0.235 e. The number of nitrogens with zero attached hydrogens (tertiary/aromatic N) is 6. The Hall–Kier alpha value is -3.54. The predicted octanol–water partition coefficient (Wildman–Crippen LogP) is 3.98. The zero-order valence-electron chi connectivity index (χ0n) is 15.4. The number of aromatic nitrogens is 6. The lowest BCUT2D eigenvalue weighted by Crippen LogP contribution is -2.00. The van der Waals surface area contributed by atoms with Crippen LogP contribution in [0.3, 0.4) is 0 Å². The van der Waals surface area contributed by atoms with E-state index in [1.165, 1.54) is 5.56 Å². The molecular weight excluding hydrogens is 336 g/mol. The van der Waals surface area contributed by atoms with Crippen molar-refractivity contribution in [1.82, 2.24) is 29.9 Å². The van der Waals surface area contributed by atoms with E-state index in [2.05, 4.69) is 29.9 Å². The van der Waals surface area contributed by atoms with Crippen LogP contribution in [0, 0.1) is 20.8 Å². The second-order valence-electron chi connectivity index (χ2n) is 6.50. The van der Waals surface area contributed by atoms with Crippen molar-refractivity contribution in [3.63, 3.8) is 0 Å². The van der Waals surface area contributed by atoms with E-state index in [-0.39, 0.29) is 0 Å². The van der Waals surface area contributed by atoms with E-state index in [0.717, 1.165) is 16.7 Å². The van der Waals surface area contributed by atoms with Gasteiger partial charge in [-0.1, -0.05) is 29.8 Å². The lowest BCUT2D eigenvalue weighted by molar-refractivity contribution is 1.07. The maximum Gasteiger partial charge on any atom is 0.178 e. The molecule has 6 heteroatoms. The first-order valence-electron chi connectivity index (χ1n) is 8.63. The molecule has 0 spiro atoms. The summed E-state index contributed by atoms with van der Waals surface area (Å²) >= 11 is 0. The molecule has 6 nitrogen and oxygen atoms in total. The molecule has 0 aliphatic carbocycles. The van der Waals surface area contributed by atoms with E-state index in [1.54, 1.807) is 24.8 Å². The Morgan fingerprint density at radius 1 is 0.519 bits per heavy atom. The average Bonchev–Trinajstić information content (AvgIpc) is 2.69. The molecular formula is C21H18N6. The Labute approximate surface area is 157 Å². The molecule has 3 heterocycles. The lowest BCUT2D eigenvalue weighted by Gasteiger charge is -2.08. The third-order valence-corrected chi connectivity index (χ3v) is 4.06. The van der Waals surface area contributed by atoms with Gasteiger partial charge >= 0.3 is 0 Å². The van der Waals surface area contributed by atoms with E-state index in [9.17, 15) is 0 Å². The predicted molar refractivity (Wildman–Crippen MR) is 104 cm³/mol. The first-order valence-corrected chi connectivity index (χ1v) is 8.63. The van der Waals surface area contributed by atoms with Crippen molar-refractivity contribution in [3.8, 4) is 34.4 Å². The van der Waals surface area contributed by atoms with E-state index in [4.69, 9.17) is 0 Å². The first-order chi connectivity index (χ1) is 13.1. The van der Waals surface area contributed by atoms with Crippen LogP contribution in [0.4, 0.5) is 0 Å². The van der Waals surface area contributed by atoms with Gasteiger partial charge in [0.25, 0.3) is 0 Å². The molecule has 0 unspecified atom stereocenters. The van der Waals surface area contributed by atoms with Crippen LogP contribution in [0.15, 0.2) is 55.1 Å². The van der Waals surface area contributed by atoms with Gasteiger partial charge in [-0.15, -0.1) is 0 Å². The molecule has 0 atom stereocenters. The van der Waals surface area contributed by atoms with E-state index < -0.39 is 0 Å². The van der Waals surface area contributed by atoms with Gasteiger partial charge in [0.15, 0.2) is 17.5 Å². The van der Waals surface area contributed by atoms with Gasteiger partial charge in [-0.2, -0.15) is 0 Å². The van der Waals surface area contributed by atoms with E-state index >= 15 is 0 Å². The highest BCUT2D eigenvalue weighted by atomic mass is 15.0. The lowest BCUT2D eigenvalue weighted by atomic mass is 10.1. The summed E-state index contributed by atoms with van der Waals surface area (Å²) in [5.41, 5.74) is 5.36. The molecule has 0 aliphatic rings. The van der Waals surface area contributed by atoms with Crippen LogP contribution in [-0.4, -0.2) is 29.9 Å². The van der Waals surface area contributed by atoms with Crippen LogP contribution >= 0.6 is 0 Å². The normalized spacial score (nSPS) is 10.8. The molecule has 0 saturated heterocycles. The topological polar surface area (TPSA) is 77.3 Å². The summed E-state index contributed by atoms with van der Waals surface area (Å²) in [6.45, 7) is 5.95. The highest BCUT2D eigenvalue weighted by molar-refractivity contribution is 5.66. The Bertz CT molecular complexity index is 917. The van der Waals surface area contributed by atoms with Crippen molar-refractivity contribution in [3.05, 3.63) is 71.8 Å². The summed E-state index contributed by atoms with van der Waals surface area (Å²) in [4.78, 5) is 27.0. The number of aryl methyl sites for hydroxylation is 3. The zero-order chi connectivity index (χ0) is 18.8. The fourth-order valence-corrected chi connectivity index (χ4v) is 2.56. The van der Waals surface area contributed by atoms with Gasteiger partial charge in [0, 0.05) is 30.4 Å². The molecule has 0 N–H and O–H groups in total. The molecule has 0 bridgehead atoms. The molecule has 0 amide bonds. The molecule has 0 radical (unpaired) electrons. The van der Waals surface area contributed by atoms with Crippen LogP contribution in [0.5, 0.6) is 0 Å². The van der Waals surface area contributed by atoms with E-state index in [1.807, 2.05) is 51.1 Å². The summed E-state index contributed by atoms with van der Waals surface area (Å²) in [6, 6.07) is 9.91. The van der Waals surface area contributed by atoms with Crippen LogP contribution in [0.25, 0.3) is 34.4 Å². The molecule has 1 aromatic carbocycles. The molecule has 4 aromatic rings. The number of hydrogen-bond donors (Lipinski definition) is 0. The van der Waals surface area contributed by atoms with Crippen molar-refractivity contribution in [2.24, 2.45) is 0 Å². The Morgan fingerprint density at radius 2 is 0.963 bits per heavy atom. The zero-order valence-corrected chi connectivity index (χ0v) is 15.4. The van der Waals surface area contributed by atoms with Crippen molar-refractivity contribution >= 4 is 0 Å². The van der Waals surface area contributed by atoms with Crippen LogP contribution in [0.2, 0.25) is 0 Å². The molecule has 0 saturated carbocycles. The largest absolute Gasteiger partial charge is 0.235 e. The van der Waals surface area contributed by atoms with E-state index in [0.29, 0.717) is 28.9 Å². The van der Waals surface area contributed by atoms with Gasteiger partial charge in [-0.3, -0.25) is 0 Å². The molecule has 0 aliphatic heterocycles. The average molecular weight is 354 g/mol. The maximum absolute atomic E-state index is 4.68. The van der Waals surface area contributed by atoms with Crippen molar-refractivity contribution in [2.75, 3.05) is 0 Å². The molecule has 132 valence electrons.